The molecular formula is C32H50N7O17P3S-4. The van der Waals surface area contributed by atoms with Gasteiger partial charge < -0.3 is 69.0 Å². The molecule has 0 radical (unpaired) electrons. The summed E-state index contributed by atoms with van der Waals surface area (Å²) in [7, 11) is -17.6. The number of hydrogen-bond donors (Lipinski definition) is 5. The number of hydrogen-bond acceptors (Lipinski definition) is 22. The number of imidazole rings is 1. The quantitative estimate of drug-likeness (QED) is 0.0426. The lowest BCUT2D eigenvalue weighted by molar-refractivity contribution is -0.347. The summed E-state index contributed by atoms with van der Waals surface area (Å²) < 4.78 is 60.6. The maximum atomic E-state index is 12.6. The molecule has 0 spiro atoms. The first-order valence-corrected chi connectivity index (χ1v) is 24.1. The Bertz CT molecular complexity index is 1920. The van der Waals surface area contributed by atoms with Gasteiger partial charge in [0, 0.05) is 30.7 Å². The first kappa shape index (κ1) is 51.6. The molecule has 7 atom stereocenters. The normalized spacial score (nSPS) is 21.1. The smallest absolute Gasteiger partial charge is 0.274 e. The van der Waals surface area contributed by atoms with Gasteiger partial charge in [0.05, 0.1) is 27.4 Å². The number of aliphatic hydroxyl groups is 2. The van der Waals surface area contributed by atoms with Gasteiger partial charge in [-0.1, -0.05) is 70.7 Å². The summed E-state index contributed by atoms with van der Waals surface area (Å²) >= 11 is 1.05. The number of rotatable bonds is 27. The van der Waals surface area contributed by atoms with E-state index in [0.29, 0.717) is 5.75 Å². The molecule has 6 N–H and O–H groups in total. The van der Waals surface area contributed by atoms with Gasteiger partial charge in [0.2, 0.25) is 16.9 Å². The minimum absolute atomic E-state index is 0.0203. The number of allylic oxidation sites excluding steroid dienone is 1. The number of aliphatic hydroxyl groups excluding tert-OH is 2. The molecule has 340 valence electrons. The van der Waals surface area contributed by atoms with E-state index in [1.165, 1.54) is 45.6 Å². The number of phosphoric acid groups is 3. The molecule has 2 aromatic heterocycles. The van der Waals surface area contributed by atoms with Crippen molar-refractivity contribution in [1.29, 1.82) is 0 Å². The number of aromatic nitrogens is 4. The molecule has 3 rings (SSSR count). The first-order valence-electron chi connectivity index (χ1n) is 18.7. The van der Waals surface area contributed by atoms with Crippen molar-refractivity contribution in [1.82, 2.24) is 30.2 Å². The van der Waals surface area contributed by atoms with Gasteiger partial charge >= 0.3 is 0 Å². The molecule has 60 heavy (non-hydrogen) atoms. The number of anilines is 1. The van der Waals surface area contributed by atoms with Crippen molar-refractivity contribution in [3.05, 3.63) is 24.8 Å². The molecule has 2 aromatic rings. The number of nitrogens with two attached hydrogens (primary N) is 1. The standard InChI is InChI=1S/C32H54N7O17P3S/c1-4-5-6-7-8-9-10-11-12-23(41)60-16-15-34-22(40)13-14-35-30(44)27(43)32(2,3)18-53-59(50,51)56-58(48,49)52-17-21-26(55-57(45,46)47)25(42)31(54-21)39-20-38-24-28(33)36-19-37-29(24)39/h11-12,19-21,25-27,31,42-43H,4-10,13-18H2,1-3H3,(H,34,40)(H,35,44)(H,48,49)(H,50,51)(H2,33,36,37)(H2,45,46,47)/p-4/b12-11+/t21-,25-,26-,27+,31-/m1/s1. The minimum atomic E-state index is -5.92. The van der Waals surface area contributed by atoms with Gasteiger partial charge in [-0.15, -0.1) is 0 Å². The number of carbonyl (C=O) groups is 3. The molecule has 28 heteroatoms. The van der Waals surface area contributed by atoms with E-state index in [2.05, 4.69) is 50.4 Å². The highest BCUT2D eigenvalue weighted by atomic mass is 32.2. The van der Waals surface area contributed by atoms with Crippen molar-refractivity contribution in [2.45, 2.75) is 103 Å². The van der Waals surface area contributed by atoms with Crippen molar-refractivity contribution in [3.63, 3.8) is 0 Å². The SMILES string of the molecule is CCCCCCCC/C=C/C(=O)SCCNC(=O)CCNC(=O)[C@H](O)C(C)(C)COP(=O)([O-])OP(=O)([O-])OC[C@H]1O[C@@H](n2cnc3c(N)ncnc32)[C@H](O)[C@@H]1OP(=O)([O-])[O-]. The number of nitrogen functional groups attached to an aromatic ring is 1. The fraction of sp³-hybridized carbons (Fsp3) is 0.688. The number of amides is 2. The van der Waals surface area contributed by atoms with Crippen LogP contribution in [0.4, 0.5) is 5.82 Å². The van der Waals surface area contributed by atoms with Crippen LogP contribution in [0.2, 0.25) is 0 Å². The number of ether oxygens (including phenoxy) is 1. The van der Waals surface area contributed by atoms with Gasteiger partial charge in [-0.25, -0.2) is 19.3 Å². The van der Waals surface area contributed by atoms with Crippen molar-refractivity contribution in [3.8, 4) is 0 Å². The molecule has 2 amide bonds. The van der Waals surface area contributed by atoms with Crippen LogP contribution in [0.25, 0.3) is 11.2 Å². The minimum Gasteiger partial charge on any atom is -0.790 e. The molecule has 1 aliphatic rings. The highest BCUT2D eigenvalue weighted by Gasteiger charge is 2.47. The van der Waals surface area contributed by atoms with Crippen molar-refractivity contribution in [2.75, 3.05) is 37.8 Å². The maximum absolute atomic E-state index is 12.6. The van der Waals surface area contributed by atoms with E-state index in [9.17, 15) is 57.9 Å². The number of nitrogens with zero attached hydrogens (tertiary/aromatic N) is 4. The number of nitrogens with one attached hydrogen (secondary N) is 2. The van der Waals surface area contributed by atoms with Crippen molar-refractivity contribution < 1.29 is 80.5 Å². The Balaban J connectivity index is 1.41. The molecule has 1 saturated heterocycles. The second-order valence-electron chi connectivity index (χ2n) is 14.1. The van der Waals surface area contributed by atoms with Crippen molar-refractivity contribution in [2.24, 2.45) is 5.41 Å². The van der Waals surface area contributed by atoms with Gasteiger partial charge in [0.15, 0.2) is 17.7 Å². The van der Waals surface area contributed by atoms with E-state index in [-0.39, 0.29) is 41.6 Å². The zero-order chi connectivity index (χ0) is 44.7. The molecule has 1 fully saturated rings. The van der Waals surface area contributed by atoms with Gasteiger partial charge in [-0.2, -0.15) is 0 Å². The Labute approximate surface area is 349 Å². The van der Waals surface area contributed by atoms with Crippen LogP contribution in [0, 0.1) is 5.41 Å². The lowest BCUT2D eigenvalue weighted by Crippen LogP contribution is -2.46. The molecule has 0 aromatic carbocycles. The van der Waals surface area contributed by atoms with E-state index in [1.54, 1.807) is 0 Å². The summed E-state index contributed by atoms with van der Waals surface area (Å²) in [5.41, 5.74) is 4.08. The van der Waals surface area contributed by atoms with Crippen LogP contribution < -0.4 is 35.9 Å². The molecule has 1 aliphatic heterocycles. The Morgan fingerprint density at radius 1 is 1.03 bits per heavy atom. The van der Waals surface area contributed by atoms with Crippen LogP contribution in [0.3, 0.4) is 0 Å². The third-order valence-corrected chi connectivity index (χ3v) is 12.5. The van der Waals surface area contributed by atoms with Crippen LogP contribution in [-0.2, 0) is 50.7 Å². The summed E-state index contributed by atoms with van der Waals surface area (Å²) in [5, 5.41) is 26.2. The molecule has 3 heterocycles. The summed E-state index contributed by atoms with van der Waals surface area (Å²) in [4.78, 5) is 96.3. The summed E-state index contributed by atoms with van der Waals surface area (Å²) in [5.74, 6) is -1.21. The summed E-state index contributed by atoms with van der Waals surface area (Å²) in [6, 6.07) is 0. The fourth-order valence-corrected chi connectivity index (χ4v) is 8.86. The Morgan fingerprint density at radius 3 is 2.42 bits per heavy atom. The van der Waals surface area contributed by atoms with E-state index >= 15 is 0 Å². The number of carbonyl (C=O) groups excluding carboxylic acids is 3. The Kier molecular flexibility index (Phi) is 20.4. The monoisotopic (exact) mass is 929 g/mol. The fourth-order valence-electron chi connectivity index (χ4n) is 5.53. The maximum Gasteiger partial charge on any atom is 0.274 e. The molecule has 0 bridgehead atoms. The third kappa shape index (κ3) is 17.2. The van der Waals surface area contributed by atoms with E-state index in [0.717, 1.165) is 48.2 Å². The lowest BCUT2D eigenvalue weighted by Gasteiger charge is -2.36. The number of phosphoric ester groups is 3. The second kappa shape index (κ2) is 23.7. The topological polar surface area (TPSA) is 375 Å². The molecule has 2 unspecified atom stereocenters. The molecule has 24 nitrogen and oxygen atoms in total. The average Bonchev–Trinajstić information content (AvgIpc) is 3.72. The van der Waals surface area contributed by atoms with E-state index in [4.69, 9.17) is 10.5 Å². The number of fused-ring (bicyclic) bond motifs is 1. The Hall–Kier alpha value is -2.70. The van der Waals surface area contributed by atoms with Gasteiger partial charge in [0.25, 0.3) is 15.6 Å². The van der Waals surface area contributed by atoms with Crippen LogP contribution in [0.5, 0.6) is 0 Å². The Morgan fingerprint density at radius 2 is 1.72 bits per heavy atom. The lowest BCUT2D eigenvalue weighted by atomic mass is 9.87. The number of thioether (sulfide) groups is 1. The van der Waals surface area contributed by atoms with Gasteiger partial charge in [-0.3, -0.25) is 28.1 Å². The first-order chi connectivity index (χ1) is 28.1. The van der Waals surface area contributed by atoms with Crippen LogP contribution >= 0.6 is 35.2 Å². The zero-order valence-corrected chi connectivity index (χ0v) is 36.5. The van der Waals surface area contributed by atoms with Crippen molar-refractivity contribution >= 4 is 69.1 Å². The number of unbranched alkanes of at least 4 members (excludes halogenated alkanes) is 6. The highest BCUT2D eigenvalue weighted by molar-refractivity contribution is 8.14. The summed E-state index contributed by atoms with van der Waals surface area (Å²) in [6.07, 6.45) is 3.56. The average molecular weight is 930 g/mol. The molecular weight excluding hydrogens is 879 g/mol. The second-order valence-corrected chi connectivity index (χ2v) is 19.3. The van der Waals surface area contributed by atoms with Gasteiger partial charge in [0.1, 0.15) is 36.3 Å². The molecule has 0 saturated carbocycles. The van der Waals surface area contributed by atoms with Crippen LogP contribution in [-0.4, -0.2) is 103 Å². The largest absolute Gasteiger partial charge is 0.790 e. The summed E-state index contributed by atoms with van der Waals surface area (Å²) in [6.45, 7) is 2.27. The van der Waals surface area contributed by atoms with E-state index < -0.39 is 84.6 Å². The van der Waals surface area contributed by atoms with E-state index in [1.807, 2.05) is 6.08 Å². The van der Waals surface area contributed by atoms with Crippen LogP contribution in [0.15, 0.2) is 24.8 Å². The zero-order valence-electron chi connectivity index (χ0n) is 33.0. The highest BCUT2D eigenvalue weighted by Crippen LogP contribution is 2.56. The third-order valence-electron chi connectivity index (χ3n) is 8.70. The van der Waals surface area contributed by atoms with Crippen LogP contribution in [0.1, 0.15) is 78.4 Å². The molecule has 0 aliphatic carbocycles. The van der Waals surface area contributed by atoms with Gasteiger partial charge in [-0.05, 0) is 18.9 Å². The predicted molar refractivity (Wildman–Crippen MR) is 205 cm³/mol. The predicted octanol–water partition coefficient (Wildman–Crippen LogP) is -0.556.